The molecule has 2 aliphatic heterocycles. The zero-order valence-electron chi connectivity index (χ0n) is 12.5. The summed E-state index contributed by atoms with van der Waals surface area (Å²) in [5, 5.41) is 67.8. The second kappa shape index (κ2) is 7.66. The number of hydrogen-bond acceptors (Lipinski definition) is 10. The van der Waals surface area contributed by atoms with E-state index in [1.807, 2.05) is 0 Å². The monoisotopic (exact) mass is 340 g/mol. The summed E-state index contributed by atoms with van der Waals surface area (Å²) in [6, 6.07) is 0. The quantitative estimate of drug-likeness (QED) is 0.265. The molecule has 0 spiro atoms. The molecule has 10 nitrogen and oxygen atoms in total. The fourth-order valence-corrected chi connectivity index (χ4v) is 2.78. The highest BCUT2D eigenvalue weighted by molar-refractivity contribution is 4.94. The van der Waals surface area contributed by atoms with E-state index in [4.69, 9.17) is 19.3 Å². The van der Waals surface area contributed by atoms with Crippen LogP contribution in [0.2, 0.25) is 0 Å². The molecule has 0 amide bonds. The Morgan fingerprint density at radius 2 is 1.35 bits per heavy atom. The summed E-state index contributed by atoms with van der Waals surface area (Å²) in [5.74, 6) is 0. The Balaban J connectivity index is 2.11. The van der Waals surface area contributed by atoms with Gasteiger partial charge < -0.3 is 50.0 Å². The van der Waals surface area contributed by atoms with Gasteiger partial charge in [-0.15, -0.1) is 0 Å². The van der Waals surface area contributed by atoms with Crippen LogP contribution in [0.25, 0.3) is 0 Å². The predicted molar refractivity (Wildman–Crippen MR) is 72.1 cm³/mol. The van der Waals surface area contributed by atoms with Gasteiger partial charge in [0.2, 0.25) is 0 Å². The van der Waals surface area contributed by atoms with Crippen molar-refractivity contribution in [3.8, 4) is 0 Å². The standard InChI is InChI=1S/C13H24O10/c1-4-7(16)10(19)12(6(3-15)21-4)23-13-11(20)9(18)8(17)5(2-14)22-13/h4-20H,2-3H2,1H3/t4-,5?,6+,7?,8?,9?,10?,11?,12?,13?/m1/s1. The van der Waals surface area contributed by atoms with E-state index in [2.05, 4.69) is 0 Å². The molecular formula is C13H24O10. The molecule has 0 radical (unpaired) electrons. The lowest BCUT2D eigenvalue weighted by atomic mass is 9.95. The Labute approximate surface area is 132 Å². The maximum absolute atomic E-state index is 10.1. The Bertz CT molecular complexity index is 378. The number of ether oxygens (including phenoxy) is 3. The van der Waals surface area contributed by atoms with E-state index in [-0.39, 0.29) is 0 Å². The van der Waals surface area contributed by atoms with Crippen molar-refractivity contribution in [3.05, 3.63) is 0 Å². The molecule has 136 valence electrons. The molecule has 0 aromatic heterocycles. The predicted octanol–water partition coefficient (Wildman–Crippen LogP) is -4.33. The molecule has 0 bridgehead atoms. The average Bonchev–Trinajstić information content (AvgIpc) is 2.55. The van der Waals surface area contributed by atoms with E-state index in [1.54, 1.807) is 0 Å². The van der Waals surface area contributed by atoms with Crippen LogP contribution >= 0.6 is 0 Å². The normalized spacial score (nSPS) is 51.7. The van der Waals surface area contributed by atoms with Crippen LogP contribution < -0.4 is 0 Å². The minimum absolute atomic E-state index is 0.518. The first-order valence-corrected chi connectivity index (χ1v) is 7.40. The molecule has 0 aromatic rings. The Morgan fingerprint density at radius 1 is 0.739 bits per heavy atom. The summed E-state index contributed by atoms with van der Waals surface area (Å²) >= 11 is 0. The first kappa shape index (κ1) is 18.9. The minimum Gasteiger partial charge on any atom is -0.394 e. The van der Waals surface area contributed by atoms with Crippen molar-refractivity contribution in [2.75, 3.05) is 13.2 Å². The first-order valence-electron chi connectivity index (χ1n) is 7.40. The first-order chi connectivity index (χ1) is 10.8. The SMILES string of the molecule is C[C@H]1O[C@@H](CO)C(OC2OC(CO)C(O)C(O)C2O)C(O)C1O. The molecule has 23 heavy (non-hydrogen) atoms. The summed E-state index contributed by atoms with van der Waals surface area (Å²) < 4.78 is 15.9. The van der Waals surface area contributed by atoms with Crippen molar-refractivity contribution in [1.82, 2.24) is 0 Å². The molecule has 2 heterocycles. The summed E-state index contributed by atoms with van der Waals surface area (Å²) in [6.07, 6.45) is -13.2. The largest absolute Gasteiger partial charge is 0.394 e. The fourth-order valence-electron chi connectivity index (χ4n) is 2.78. The lowest BCUT2D eigenvalue weighted by Gasteiger charge is -2.45. The highest BCUT2D eigenvalue weighted by atomic mass is 16.7. The van der Waals surface area contributed by atoms with E-state index >= 15 is 0 Å². The van der Waals surface area contributed by atoms with E-state index in [0.29, 0.717) is 0 Å². The van der Waals surface area contributed by atoms with Crippen molar-refractivity contribution < 1.29 is 50.0 Å². The van der Waals surface area contributed by atoms with Crippen LogP contribution in [-0.2, 0) is 14.2 Å². The third kappa shape index (κ3) is 3.66. The van der Waals surface area contributed by atoms with Crippen LogP contribution in [0, 0.1) is 0 Å². The van der Waals surface area contributed by atoms with Gasteiger partial charge in [-0.05, 0) is 6.92 Å². The third-order valence-electron chi connectivity index (χ3n) is 4.24. The smallest absolute Gasteiger partial charge is 0.187 e. The summed E-state index contributed by atoms with van der Waals surface area (Å²) in [5.41, 5.74) is 0. The van der Waals surface area contributed by atoms with Crippen molar-refractivity contribution in [2.24, 2.45) is 0 Å². The molecule has 2 rings (SSSR count). The summed E-state index contributed by atoms with van der Waals surface area (Å²) in [6.45, 7) is 0.369. The van der Waals surface area contributed by atoms with Gasteiger partial charge in [0.25, 0.3) is 0 Å². The zero-order chi connectivity index (χ0) is 17.3. The molecule has 2 saturated heterocycles. The Kier molecular flexibility index (Phi) is 6.30. The second-order valence-electron chi connectivity index (χ2n) is 5.84. The van der Waals surface area contributed by atoms with Gasteiger partial charge in [0.1, 0.15) is 48.8 Å². The highest BCUT2D eigenvalue weighted by Gasteiger charge is 2.49. The Morgan fingerprint density at radius 3 is 1.91 bits per heavy atom. The van der Waals surface area contributed by atoms with Gasteiger partial charge in [0, 0.05) is 0 Å². The second-order valence-corrected chi connectivity index (χ2v) is 5.84. The number of aliphatic hydroxyl groups is 7. The van der Waals surface area contributed by atoms with Crippen molar-refractivity contribution in [3.63, 3.8) is 0 Å². The zero-order valence-corrected chi connectivity index (χ0v) is 12.5. The maximum Gasteiger partial charge on any atom is 0.187 e. The topological polar surface area (TPSA) is 169 Å². The molecule has 8 unspecified atom stereocenters. The molecule has 0 aliphatic carbocycles. The summed E-state index contributed by atoms with van der Waals surface area (Å²) in [7, 11) is 0. The van der Waals surface area contributed by atoms with Gasteiger partial charge in [-0.2, -0.15) is 0 Å². The van der Waals surface area contributed by atoms with Crippen LogP contribution in [0.15, 0.2) is 0 Å². The highest BCUT2D eigenvalue weighted by Crippen LogP contribution is 2.28. The van der Waals surface area contributed by atoms with E-state index in [0.717, 1.165) is 0 Å². The van der Waals surface area contributed by atoms with Crippen molar-refractivity contribution in [2.45, 2.75) is 68.1 Å². The maximum atomic E-state index is 10.1. The lowest BCUT2D eigenvalue weighted by Crippen LogP contribution is -2.64. The lowest BCUT2D eigenvalue weighted by molar-refractivity contribution is -0.341. The average molecular weight is 340 g/mol. The van der Waals surface area contributed by atoms with Crippen LogP contribution in [0.1, 0.15) is 6.92 Å². The van der Waals surface area contributed by atoms with E-state index in [9.17, 15) is 30.6 Å². The third-order valence-corrected chi connectivity index (χ3v) is 4.24. The molecule has 10 heteroatoms. The molecule has 0 saturated carbocycles. The van der Waals surface area contributed by atoms with Gasteiger partial charge >= 0.3 is 0 Å². The van der Waals surface area contributed by atoms with Gasteiger partial charge in [0.05, 0.1) is 19.3 Å². The molecule has 0 aromatic carbocycles. The molecule has 2 fully saturated rings. The van der Waals surface area contributed by atoms with Gasteiger partial charge in [-0.1, -0.05) is 0 Å². The number of rotatable bonds is 4. The van der Waals surface area contributed by atoms with Crippen molar-refractivity contribution >= 4 is 0 Å². The summed E-state index contributed by atoms with van der Waals surface area (Å²) in [4.78, 5) is 0. The van der Waals surface area contributed by atoms with Gasteiger partial charge in [-0.25, -0.2) is 0 Å². The van der Waals surface area contributed by atoms with Crippen LogP contribution in [0.4, 0.5) is 0 Å². The number of hydrogen-bond donors (Lipinski definition) is 7. The van der Waals surface area contributed by atoms with Gasteiger partial charge in [-0.3, -0.25) is 0 Å². The van der Waals surface area contributed by atoms with Crippen LogP contribution in [0.5, 0.6) is 0 Å². The van der Waals surface area contributed by atoms with Crippen LogP contribution in [0.3, 0.4) is 0 Å². The van der Waals surface area contributed by atoms with E-state index in [1.165, 1.54) is 6.92 Å². The van der Waals surface area contributed by atoms with E-state index < -0.39 is 74.4 Å². The minimum atomic E-state index is -1.66. The molecule has 7 N–H and O–H groups in total. The van der Waals surface area contributed by atoms with Crippen molar-refractivity contribution in [1.29, 1.82) is 0 Å². The molecular weight excluding hydrogens is 316 g/mol. The molecule has 2 aliphatic rings. The number of aliphatic hydroxyl groups excluding tert-OH is 7. The Hall–Kier alpha value is -0.400. The van der Waals surface area contributed by atoms with Crippen LogP contribution in [-0.4, -0.2) is 110 Å². The fraction of sp³-hybridized carbons (Fsp3) is 1.00. The molecule has 10 atom stereocenters. The van der Waals surface area contributed by atoms with Gasteiger partial charge in [0.15, 0.2) is 6.29 Å².